The third-order valence-electron chi connectivity index (χ3n) is 8.40. The first-order valence-corrected chi connectivity index (χ1v) is 14.7. The van der Waals surface area contributed by atoms with E-state index in [1.807, 2.05) is 20.8 Å². The topological polar surface area (TPSA) is 136 Å². The summed E-state index contributed by atoms with van der Waals surface area (Å²) in [6.07, 6.45) is 2.63. The van der Waals surface area contributed by atoms with Gasteiger partial charge in [-0.1, -0.05) is 20.8 Å². The van der Waals surface area contributed by atoms with Crippen LogP contribution in [0.3, 0.4) is 0 Å². The van der Waals surface area contributed by atoms with E-state index in [1.54, 1.807) is 24.2 Å². The molecule has 2 fully saturated rings. The van der Waals surface area contributed by atoms with Crippen molar-refractivity contribution in [2.45, 2.75) is 76.6 Å². The molecular formula is C26H34N8O3S. The highest BCUT2D eigenvalue weighted by Gasteiger charge is 2.57. The summed E-state index contributed by atoms with van der Waals surface area (Å²) in [5.41, 5.74) is 1.90. The minimum Gasteiger partial charge on any atom is -0.350 e. The standard InChI is InChI=1S/C26H34N8O3S/c1-7-18-10-19(11-27)30-31-21(18)34-14-25(4,5)20-22(28-15-29-23(20)34)32-12-17(3)33(13-16(32)2)24(35)26(6)8-9-38(26,36)37/h10,15-17H,7-9,12-14H2,1-6H3/t16-,17+,26-/m0/s1. The van der Waals surface area contributed by atoms with Crippen LogP contribution in [0.25, 0.3) is 0 Å². The number of aryl methyl sites for hydroxylation is 1. The van der Waals surface area contributed by atoms with Gasteiger partial charge in [0.15, 0.2) is 21.3 Å². The summed E-state index contributed by atoms with van der Waals surface area (Å²) >= 11 is 0. The molecule has 0 radical (unpaired) electrons. The van der Waals surface area contributed by atoms with Crippen molar-refractivity contribution in [1.82, 2.24) is 25.1 Å². The number of fused-ring (bicyclic) bond motifs is 1. The van der Waals surface area contributed by atoms with E-state index in [2.05, 4.69) is 44.9 Å². The van der Waals surface area contributed by atoms with Gasteiger partial charge in [-0.2, -0.15) is 5.26 Å². The van der Waals surface area contributed by atoms with Gasteiger partial charge in [0.2, 0.25) is 5.91 Å². The number of piperazine rings is 1. The Balaban J connectivity index is 1.49. The Hall–Kier alpha value is -3.33. The van der Waals surface area contributed by atoms with Crippen LogP contribution in [-0.2, 0) is 26.5 Å². The lowest BCUT2D eigenvalue weighted by Gasteiger charge is -2.49. The third kappa shape index (κ3) is 3.82. The van der Waals surface area contributed by atoms with Crippen molar-refractivity contribution in [2.75, 3.05) is 35.2 Å². The van der Waals surface area contributed by atoms with Gasteiger partial charge in [-0.3, -0.25) is 4.79 Å². The molecule has 2 aromatic rings. The highest BCUT2D eigenvalue weighted by Crippen LogP contribution is 2.47. The molecule has 38 heavy (non-hydrogen) atoms. The van der Waals surface area contributed by atoms with E-state index in [1.165, 1.54) is 0 Å². The molecule has 0 bridgehead atoms. The Kier molecular flexibility index (Phi) is 6.13. The molecule has 0 aliphatic carbocycles. The van der Waals surface area contributed by atoms with Crippen molar-refractivity contribution in [1.29, 1.82) is 5.26 Å². The second-order valence-electron chi connectivity index (χ2n) is 11.5. The van der Waals surface area contributed by atoms with E-state index in [0.717, 1.165) is 22.8 Å². The molecule has 2 saturated heterocycles. The molecule has 1 amide bonds. The molecule has 11 nitrogen and oxygen atoms in total. The lowest BCUT2D eigenvalue weighted by Crippen LogP contribution is -2.66. The SMILES string of the molecule is CCc1cc(C#N)nnc1N1CC(C)(C)c2c1ncnc2N1C[C@@H](C)N(C(=O)[C@]2(C)CCS2(=O)=O)C[C@@H]1C. The minimum atomic E-state index is -3.40. The predicted molar refractivity (Wildman–Crippen MR) is 143 cm³/mol. The van der Waals surface area contributed by atoms with E-state index >= 15 is 0 Å². The number of nitrogens with zero attached hydrogens (tertiary/aromatic N) is 8. The molecular weight excluding hydrogens is 504 g/mol. The van der Waals surface area contributed by atoms with Crippen LogP contribution in [0.5, 0.6) is 0 Å². The van der Waals surface area contributed by atoms with Crippen molar-refractivity contribution >= 4 is 33.2 Å². The van der Waals surface area contributed by atoms with Crippen LogP contribution in [0.15, 0.2) is 12.4 Å². The second-order valence-corrected chi connectivity index (χ2v) is 14.1. The lowest BCUT2D eigenvalue weighted by molar-refractivity contribution is -0.137. The summed E-state index contributed by atoms with van der Waals surface area (Å²) in [6, 6.07) is 3.57. The number of hydrogen-bond donors (Lipinski definition) is 0. The fourth-order valence-electron chi connectivity index (χ4n) is 5.91. The van der Waals surface area contributed by atoms with Gasteiger partial charge >= 0.3 is 0 Å². The summed E-state index contributed by atoms with van der Waals surface area (Å²) < 4.78 is 23.5. The smallest absolute Gasteiger partial charge is 0.244 e. The molecule has 0 aromatic carbocycles. The largest absolute Gasteiger partial charge is 0.350 e. The van der Waals surface area contributed by atoms with Crippen LogP contribution in [0.2, 0.25) is 0 Å². The molecule has 12 heteroatoms. The van der Waals surface area contributed by atoms with E-state index in [9.17, 15) is 18.5 Å². The number of anilines is 3. The van der Waals surface area contributed by atoms with Crippen LogP contribution in [0, 0.1) is 11.3 Å². The van der Waals surface area contributed by atoms with Crippen LogP contribution in [0.4, 0.5) is 17.5 Å². The zero-order valence-corrected chi connectivity index (χ0v) is 23.6. The second kappa shape index (κ2) is 8.86. The monoisotopic (exact) mass is 538 g/mol. The van der Waals surface area contributed by atoms with E-state index in [4.69, 9.17) is 4.98 Å². The van der Waals surface area contributed by atoms with Crippen LogP contribution < -0.4 is 9.80 Å². The number of carbonyl (C=O) groups excluding carboxylic acids is 1. The Morgan fingerprint density at radius 3 is 2.42 bits per heavy atom. The molecule has 3 aliphatic heterocycles. The van der Waals surface area contributed by atoms with Gasteiger partial charge in [-0.25, -0.2) is 18.4 Å². The van der Waals surface area contributed by atoms with Gasteiger partial charge in [0.1, 0.15) is 28.8 Å². The fourth-order valence-corrected chi connectivity index (χ4v) is 7.44. The number of carbonyl (C=O) groups is 1. The lowest BCUT2D eigenvalue weighted by atomic mass is 9.87. The molecule has 0 unspecified atom stereocenters. The summed E-state index contributed by atoms with van der Waals surface area (Å²) in [5.74, 6) is 2.04. The van der Waals surface area contributed by atoms with Gasteiger partial charge in [0.05, 0.1) is 5.75 Å². The van der Waals surface area contributed by atoms with E-state index in [0.29, 0.717) is 38.3 Å². The number of nitriles is 1. The van der Waals surface area contributed by atoms with Crippen LogP contribution in [-0.4, -0.2) is 81.6 Å². The summed E-state index contributed by atoms with van der Waals surface area (Å²) in [4.78, 5) is 28.8. The maximum Gasteiger partial charge on any atom is 0.244 e. The zero-order chi connectivity index (χ0) is 27.6. The molecule has 0 N–H and O–H groups in total. The van der Waals surface area contributed by atoms with Gasteiger partial charge in [-0.15, -0.1) is 10.2 Å². The highest BCUT2D eigenvalue weighted by molar-refractivity contribution is 7.95. The molecule has 202 valence electrons. The van der Waals surface area contributed by atoms with Gasteiger partial charge in [0.25, 0.3) is 0 Å². The van der Waals surface area contributed by atoms with Crippen molar-refractivity contribution in [3.63, 3.8) is 0 Å². The average Bonchev–Trinajstić information content (AvgIpc) is 3.18. The summed E-state index contributed by atoms with van der Waals surface area (Å²) in [5, 5.41) is 17.8. The van der Waals surface area contributed by atoms with E-state index in [-0.39, 0.29) is 34.9 Å². The van der Waals surface area contributed by atoms with Gasteiger partial charge in [0, 0.05) is 42.7 Å². The van der Waals surface area contributed by atoms with Gasteiger partial charge < -0.3 is 14.7 Å². The van der Waals surface area contributed by atoms with Crippen molar-refractivity contribution in [2.24, 2.45) is 0 Å². The Morgan fingerprint density at radius 1 is 1.11 bits per heavy atom. The fraction of sp³-hybridized carbons (Fsp3) is 0.615. The first-order chi connectivity index (χ1) is 17.8. The van der Waals surface area contributed by atoms with E-state index < -0.39 is 14.6 Å². The van der Waals surface area contributed by atoms with Crippen molar-refractivity contribution in [3.05, 3.63) is 29.2 Å². The third-order valence-corrected chi connectivity index (χ3v) is 10.9. The minimum absolute atomic E-state index is 0.0706. The Bertz CT molecular complexity index is 1450. The molecule has 2 aromatic heterocycles. The number of sulfone groups is 1. The first-order valence-electron chi connectivity index (χ1n) is 13.0. The predicted octanol–water partition coefficient (Wildman–Crippen LogP) is 2.13. The van der Waals surface area contributed by atoms with Gasteiger partial charge in [-0.05, 0) is 45.2 Å². The Labute approximate surface area is 223 Å². The molecule has 5 rings (SSSR count). The average molecular weight is 539 g/mol. The van der Waals surface area contributed by atoms with Crippen LogP contribution >= 0.6 is 0 Å². The highest BCUT2D eigenvalue weighted by atomic mass is 32.2. The number of rotatable bonds is 4. The number of aromatic nitrogens is 4. The first kappa shape index (κ1) is 26.3. The molecule has 5 heterocycles. The maximum atomic E-state index is 13.4. The number of amides is 1. The van der Waals surface area contributed by atoms with Crippen LogP contribution in [0.1, 0.15) is 64.8 Å². The summed E-state index contributed by atoms with van der Waals surface area (Å²) in [6.45, 7) is 13.4. The Morgan fingerprint density at radius 2 is 1.82 bits per heavy atom. The maximum absolute atomic E-state index is 13.4. The zero-order valence-electron chi connectivity index (χ0n) is 22.8. The number of hydrogen-bond acceptors (Lipinski definition) is 10. The molecule has 0 spiro atoms. The molecule has 0 saturated carbocycles. The molecule has 3 aliphatic rings. The normalized spacial score (nSPS) is 27.4. The van der Waals surface area contributed by atoms with Crippen molar-refractivity contribution < 1.29 is 13.2 Å². The van der Waals surface area contributed by atoms with Crippen molar-refractivity contribution in [3.8, 4) is 6.07 Å². The quantitative estimate of drug-likeness (QED) is 0.569. The summed E-state index contributed by atoms with van der Waals surface area (Å²) in [7, 11) is -3.40. The molecule has 3 atom stereocenters.